The van der Waals surface area contributed by atoms with E-state index in [0.29, 0.717) is 16.3 Å². The van der Waals surface area contributed by atoms with Crippen LogP contribution in [0.25, 0.3) is 0 Å². The highest BCUT2D eigenvalue weighted by molar-refractivity contribution is 6.39. The number of hydrogen-bond acceptors (Lipinski definition) is 5. The summed E-state index contributed by atoms with van der Waals surface area (Å²) in [6.07, 6.45) is 2.10. The average Bonchev–Trinajstić information content (AvgIpc) is 2.85. The molecule has 0 saturated carbocycles. The number of carbonyl (C=O) groups excluding carboxylic acids is 3. The number of ether oxygens (including phenoxy) is 1. The van der Waals surface area contributed by atoms with Gasteiger partial charge in [-0.05, 0) is 54.4 Å². The maximum absolute atomic E-state index is 13.6. The number of halogens is 2. The highest BCUT2D eigenvalue weighted by atomic mass is 35.5. The predicted molar refractivity (Wildman–Crippen MR) is 132 cm³/mol. The molecule has 3 amide bonds. The number of rotatable bonds is 8. The van der Waals surface area contributed by atoms with Crippen molar-refractivity contribution in [1.29, 1.82) is 0 Å². The minimum atomic E-state index is -1.11. The third-order valence-corrected chi connectivity index (χ3v) is 4.91. The van der Waals surface area contributed by atoms with Crippen molar-refractivity contribution in [1.82, 2.24) is 5.43 Å². The number of nitrogens with zero attached hydrogens (tertiary/aromatic N) is 1. The molecule has 0 spiro atoms. The molecule has 0 unspecified atom stereocenters. The fourth-order valence-electron chi connectivity index (χ4n) is 2.87. The van der Waals surface area contributed by atoms with Crippen LogP contribution in [0.1, 0.15) is 18.1 Å². The minimum absolute atomic E-state index is 0.137. The molecule has 10 heteroatoms. The van der Waals surface area contributed by atoms with E-state index in [2.05, 4.69) is 15.7 Å². The van der Waals surface area contributed by atoms with E-state index in [-0.39, 0.29) is 24.0 Å². The van der Waals surface area contributed by atoms with Gasteiger partial charge in [-0.15, -0.1) is 0 Å². The summed E-state index contributed by atoms with van der Waals surface area (Å²) in [4.78, 5) is 36.1. The van der Waals surface area contributed by atoms with Gasteiger partial charge < -0.3 is 15.4 Å². The topological polar surface area (TPSA) is 109 Å². The van der Waals surface area contributed by atoms with Crippen molar-refractivity contribution in [2.24, 2.45) is 5.10 Å². The molecule has 0 radical (unpaired) electrons. The van der Waals surface area contributed by atoms with E-state index in [1.165, 1.54) is 30.5 Å². The normalized spacial score (nSPS) is 10.6. The van der Waals surface area contributed by atoms with E-state index in [0.717, 1.165) is 18.1 Å². The first-order valence-corrected chi connectivity index (χ1v) is 10.9. The van der Waals surface area contributed by atoms with Crippen molar-refractivity contribution in [3.63, 3.8) is 0 Å². The zero-order valence-corrected chi connectivity index (χ0v) is 19.4. The number of benzene rings is 3. The second-order valence-corrected chi connectivity index (χ2v) is 7.64. The number of para-hydroxylation sites is 1. The summed E-state index contributed by atoms with van der Waals surface area (Å²) in [6.45, 7) is 1.76. The molecule has 3 N–H and O–H groups in total. The monoisotopic (exact) mass is 496 g/mol. The van der Waals surface area contributed by atoms with Crippen LogP contribution in [0, 0.1) is 5.82 Å². The molecule has 0 fully saturated rings. The molecule has 0 saturated heterocycles. The molecule has 3 aromatic rings. The molecule has 0 heterocycles. The highest BCUT2D eigenvalue weighted by Gasteiger charge is 2.15. The number of aryl methyl sites for hydroxylation is 1. The van der Waals surface area contributed by atoms with Crippen LogP contribution in [0.5, 0.6) is 5.75 Å². The maximum atomic E-state index is 13.6. The van der Waals surface area contributed by atoms with Gasteiger partial charge in [0.2, 0.25) is 0 Å². The van der Waals surface area contributed by atoms with Gasteiger partial charge in [0.15, 0.2) is 6.61 Å². The number of nitrogens with one attached hydrogen (secondary N) is 3. The average molecular weight is 497 g/mol. The van der Waals surface area contributed by atoms with Crippen LogP contribution in [0.15, 0.2) is 71.8 Å². The van der Waals surface area contributed by atoms with E-state index in [9.17, 15) is 18.8 Å². The Morgan fingerprint density at radius 1 is 1.00 bits per heavy atom. The van der Waals surface area contributed by atoms with Crippen molar-refractivity contribution in [2.75, 3.05) is 17.2 Å². The molecule has 8 nitrogen and oxygen atoms in total. The van der Waals surface area contributed by atoms with Crippen LogP contribution in [0.3, 0.4) is 0 Å². The van der Waals surface area contributed by atoms with E-state index in [1.54, 1.807) is 12.1 Å². The van der Waals surface area contributed by atoms with Crippen LogP contribution in [-0.4, -0.2) is 30.5 Å². The lowest BCUT2D eigenvalue weighted by molar-refractivity contribution is -0.136. The standard InChI is InChI=1S/C25H22ClFN4O4/c1-2-16-7-10-19(11-8-16)29-23(32)15-35-22-12-9-18(26)13-17(22)14-28-31-25(34)24(33)30-21-6-4-3-5-20(21)27/h3-14H,2,15H2,1H3,(H,29,32)(H,30,33)(H,31,34)/b28-14-. The van der Waals surface area contributed by atoms with Gasteiger partial charge in [0.25, 0.3) is 5.91 Å². The third kappa shape index (κ3) is 7.65. The summed E-state index contributed by atoms with van der Waals surface area (Å²) in [5, 5.41) is 8.97. The first kappa shape index (κ1) is 25.4. The fourth-order valence-corrected chi connectivity index (χ4v) is 3.05. The number of hydrazone groups is 1. The van der Waals surface area contributed by atoms with Crippen LogP contribution < -0.4 is 20.8 Å². The number of hydrogen-bond donors (Lipinski definition) is 3. The molecule has 0 bridgehead atoms. The summed E-state index contributed by atoms with van der Waals surface area (Å²) < 4.78 is 19.2. The Bertz CT molecular complexity index is 1250. The van der Waals surface area contributed by atoms with E-state index >= 15 is 0 Å². The second-order valence-electron chi connectivity index (χ2n) is 7.20. The number of amides is 3. The van der Waals surface area contributed by atoms with Gasteiger partial charge in [0.05, 0.1) is 11.9 Å². The Kier molecular flexibility index (Phi) is 8.91. The highest BCUT2D eigenvalue weighted by Crippen LogP contribution is 2.21. The second kappa shape index (κ2) is 12.3. The summed E-state index contributed by atoms with van der Waals surface area (Å²) in [5.74, 6) is -2.98. The van der Waals surface area contributed by atoms with Crippen molar-refractivity contribution in [3.8, 4) is 5.75 Å². The summed E-state index contributed by atoms with van der Waals surface area (Å²) in [7, 11) is 0. The van der Waals surface area contributed by atoms with Crippen molar-refractivity contribution < 1.29 is 23.5 Å². The first-order valence-electron chi connectivity index (χ1n) is 10.6. The SMILES string of the molecule is CCc1ccc(NC(=O)COc2ccc(Cl)cc2/C=N\NC(=O)C(=O)Nc2ccccc2F)cc1. The zero-order valence-electron chi connectivity index (χ0n) is 18.7. The molecular formula is C25H22ClFN4O4. The molecule has 0 aliphatic carbocycles. The van der Waals surface area contributed by atoms with Gasteiger partial charge >= 0.3 is 11.8 Å². The van der Waals surface area contributed by atoms with Gasteiger partial charge in [-0.1, -0.05) is 42.8 Å². The van der Waals surface area contributed by atoms with Crippen LogP contribution in [0.4, 0.5) is 15.8 Å². The molecular weight excluding hydrogens is 475 g/mol. The van der Waals surface area contributed by atoms with Gasteiger partial charge in [-0.3, -0.25) is 14.4 Å². The smallest absolute Gasteiger partial charge is 0.329 e. The maximum Gasteiger partial charge on any atom is 0.329 e. The van der Waals surface area contributed by atoms with Gasteiger partial charge in [0, 0.05) is 16.3 Å². The third-order valence-electron chi connectivity index (χ3n) is 4.67. The predicted octanol–water partition coefficient (Wildman–Crippen LogP) is 4.15. The Morgan fingerprint density at radius 2 is 1.74 bits per heavy atom. The van der Waals surface area contributed by atoms with Crippen LogP contribution in [-0.2, 0) is 20.8 Å². The molecule has 35 heavy (non-hydrogen) atoms. The molecule has 180 valence electrons. The Hall–Kier alpha value is -4.24. The Balaban J connectivity index is 1.57. The number of carbonyl (C=O) groups is 3. The van der Waals surface area contributed by atoms with Crippen molar-refractivity contribution in [2.45, 2.75) is 13.3 Å². The minimum Gasteiger partial charge on any atom is -0.483 e. The lowest BCUT2D eigenvalue weighted by Gasteiger charge is -2.10. The van der Waals surface area contributed by atoms with Crippen molar-refractivity contribution >= 4 is 46.9 Å². The van der Waals surface area contributed by atoms with Crippen LogP contribution >= 0.6 is 11.6 Å². The lowest BCUT2D eigenvalue weighted by atomic mass is 10.1. The molecule has 3 aromatic carbocycles. The summed E-state index contributed by atoms with van der Waals surface area (Å²) in [6, 6.07) is 17.5. The molecule has 0 atom stereocenters. The zero-order chi connectivity index (χ0) is 25.2. The molecule has 0 aromatic heterocycles. The largest absolute Gasteiger partial charge is 0.483 e. The number of anilines is 2. The summed E-state index contributed by atoms with van der Waals surface area (Å²) in [5.41, 5.74) is 4.06. The molecule has 0 aliphatic rings. The Morgan fingerprint density at radius 3 is 2.46 bits per heavy atom. The van der Waals surface area contributed by atoms with E-state index in [1.807, 2.05) is 36.6 Å². The van der Waals surface area contributed by atoms with Crippen LogP contribution in [0.2, 0.25) is 5.02 Å². The van der Waals surface area contributed by atoms with E-state index in [4.69, 9.17) is 16.3 Å². The van der Waals surface area contributed by atoms with Crippen molar-refractivity contribution in [3.05, 3.63) is 88.7 Å². The molecule has 0 aliphatic heterocycles. The fraction of sp³-hybridized carbons (Fsp3) is 0.120. The lowest BCUT2D eigenvalue weighted by Crippen LogP contribution is -2.32. The van der Waals surface area contributed by atoms with Gasteiger partial charge in [-0.25, -0.2) is 9.82 Å². The van der Waals surface area contributed by atoms with Gasteiger partial charge in [-0.2, -0.15) is 5.10 Å². The first-order chi connectivity index (χ1) is 16.9. The molecule has 3 rings (SSSR count). The van der Waals surface area contributed by atoms with E-state index < -0.39 is 17.6 Å². The quantitative estimate of drug-likeness (QED) is 0.247. The summed E-state index contributed by atoms with van der Waals surface area (Å²) >= 11 is 6.03. The Labute approximate surface area is 206 Å². The van der Waals surface area contributed by atoms with Gasteiger partial charge in [0.1, 0.15) is 11.6 Å².